The Hall–Kier alpha value is -2.73. The molecule has 0 aliphatic heterocycles. The number of rotatable bonds is 11. The zero-order valence-electron chi connectivity index (χ0n) is 17.4. The number of hydrogen-bond acceptors (Lipinski definition) is 6. The van der Waals surface area contributed by atoms with E-state index in [1.54, 1.807) is 12.3 Å². The van der Waals surface area contributed by atoms with Gasteiger partial charge in [-0.05, 0) is 48.5 Å². The Morgan fingerprint density at radius 1 is 0.971 bits per heavy atom. The first kappa shape index (κ1) is 27.5. The third-order valence-electron chi connectivity index (χ3n) is 4.36. The van der Waals surface area contributed by atoms with Gasteiger partial charge in [0.05, 0.1) is 35.1 Å². The molecule has 0 unspecified atom stereocenters. The average Bonchev–Trinajstić information content (AvgIpc) is 2.79. The number of carboxylic acids is 1. The van der Waals surface area contributed by atoms with Crippen LogP contribution in [0.3, 0.4) is 0 Å². The predicted octanol–water partition coefficient (Wildman–Crippen LogP) is 4.20. The molecule has 2 aromatic carbocycles. The van der Waals surface area contributed by atoms with Crippen molar-refractivity contribution in [2.75, 3.05) is 37.0 Å². The van der Waals surface area contributed by atoms with E-state index in [1.165, 1.54) is 30.3 Å². The number of amides is 1. The maximum atomic E-state index is 12.5. The topological polar surface area (TPSA) is 110 Å². The van der Waals surface area contributed by atoms with E-state index in [1.807, 2.05) is 18.2 Å². The molecule has 0 saturated carbocycles. The molecule has 1 aromatic heterocycles. The molecule has 0 atom stereocenters. The van der Waals surface area contributed by atoms with Crippen LogP contribution >= 0.6 is 23.2 Å². The van der Waals surface area contributed by atoms with E-state index >= 15 is 0 Å². The van der Waals surface area contributed by atoms with Crippen LogP contribution in [0.15, 0.2) is 60.8 Å². The van der Waals surface area contributed by atoms with Crippen LogP contribution in [0.2, 0.25) is 10.0 Å². The normalized spacial score (nSPS) is 10.2. The number of hydrogen-bond donors (Lipinski definition) is 3. The molecule has 0 aliphatic carbocycles. The van der Waals surface area contributed by atoms with Crippen molar-refractivity contribution < 1.29 is 24.2 Å². The van der Waals surface area contributed by atoms with E-state index in [-0.39, 0.29) is 47.3 Å². The van der Waals surface area contributed by atoms with E-state index in [9.17, 15) is 14.7 Å². The van der Waals surface area contributed by atoms with Gasteiger partial charge in [0.2, 0.25) is 0 Å². The third-order valence-corrected chi connectivity index (χ3v) is 4.91. The standard InChI is InChI=1S/C23H21Cl2N3O5.Li.H/c24-15-4-6-17(19(25)13-15)22(29)28-20-7-5-16(14-18(20)23(30)31)33-12-11-32-10-9-27-21-3-1-2-8-26-21;;/h1-8,13-14H,9-12H2,(H,26,27)(H,28,29)(H,30,31);;. The monoisotopic (exact) mass is 497 g/mol. The van der Waals surface area contributed by atoms with E-state index < -0.39 is 11.9 Å². The summed E-state index contributed by atoms with van der Waals surface area (Å²) >= 11 is 11.9. The van der Waals surface area contributed by atoms with Crippen molar-refractivity contribution in [2.45, 2.75) is 0 Å². The summed E-state index contributed by atoms with van der Waals surface area (Å²) < 4.78 is 11.1. The van der Waals surface area contributed by atoms with Crippen LogP contribution in [-0.2, 0) is 4.74 Å². The first-order chi connectivity index (χ1) is 15.9. The van der Waals surface area contributed by atoms with Gasteiger partial charge in [0.25, 0.3) is 5.91 Å². The summed E-state index contributed by atoms with van der Waals surface area (Å²) in [5, 5.41) is 15.8. The van der Waals surface area contributed by atoms with Crippen molar-refractivity contribution in [3.63, 3.8) is 0 Å². The van der Waals surface area contributed by atoms with Gasteiger partial charge < -0.3 is 25.2 Å². The average molecular weight is 498 g/mol. The summed E-state index contributed by atoms with van der Waals surface area (Å²) in [4.78, 5) is 28.3. The van der Waals surface area contributed by atoms with E-state index in [2.05, 4.69) is 15.6 Å². The Bertz CT molecular complexity index is 1120. The number of pyridine rings is 1. The molecule has 11 heteroatoms. The molecule has 34 heavy (non-hydrogen) atoms. The number of carbonyl (C=O) groups is 2. The van der Waals surface area contributed by atoms with Gasteiger partial charge in [-0.15, -0.1) is 0 Å². The Balaban J connectivity index is 0.00000408. The molecule has 1 amide bonds. The van der Waals surface area contributed by atoms with Crippen LogP contribution in [0.25, 0.3) is 0 Å². The number of carbonyl (C=O) groups excluding carboxylic acids is 1. The minimum atomic E-state index is -1.21. The van der Waals surface area contributed by atoms with Crippen LogP contribution in [0.5, 0.6) is 5.75 Å². The molecule has 3 aromatic rings. The Morgan fingerprint density at radius 3 is 2.50 bits per heavy atom. The molecule has 1 heterocycles. The van der Waals surface area contributed by atoms with E-state index in [0.717, 1.165) is 5.82 Å². The van der Waals surface area contributed by atoms with Crippen LogP contribution in [0.4, 0.5) is 11.5 Å². The quantitative estimate of drug-likeness (QED) is 0.269. The fourth-order valence-corrected chi connectivity index (χ4v) is 3.30. The second kappa shape index (κ2) is 13.8. The fourth-order valence-electron chi connectivity index (χ4n) is 2.80. The summed E-state index contributed by atoms with van der Waals surface area (Å²) in [6, 6.07) is 14.4. The number of nitrogens with zero attached hydrogens (tertiary/aromatic N) is 1. The third kappa shape index (κ3) is 8.24. The zero-order valence-corrected chi connectivity index (χ0v) is 18.9. The number of aromatic carboxylic acids is 1. The molecule has 3 N–H and O–H groups in total. The molecule has 3 rings (SSSR count). The molecule has 8 nitrogen and oxygen atoms in total. The number of carboxylic acid groups (broad SMARTS) is 1. The van der Waals surface area contributed by atoms with Crippen LogP contribution in [0.1, 0.15) is 20.7 Å². The number of anilines is 2. The summed E-state index contributed by atoms with van der Waals surface area (Å²) in [6.45, 7) is 1.60. The molecule has 0 bridgehead atoms. The zero-order chi connectivity index (χ0) is 23.6. The number of ether oxygens (including phenoxy) is 2. The molecule has 0 aliphatic rings. The van der Waals surface area contributed by atoms with Crippen LogP contribution in [-0.4, -0.2) is 67.2 Å². The summed E-state index contributed by atoms with van der Waals surface area (Å²) in [5.74, 6) is -0.662. The van der Waals surface area contributed by atoms with E-state index in [0.29, 0.717) is 30.5 Å². The molecule has 0 spiro atoms. The van der Waals surface area contributed by atoms with Crippen molar-refractivity contribution in [3.05, 3.63) is 82.0 Å². The minimum absolute atomic E-state index is 0. The summed E-state index contributed by atoms with van der Waals surface area (Å²) in [7, 11) is 0. The van der Waals surface area contributed by atoms with Gasteiger partial charge in [-0.2, -0.15) is 0 Å². The first-order valence-electron chi connectivity index (χ1n) is 9.93. The van der Waals surface area contributed by atoms with Crippen molar-refractivity contribution >= 4 is 65.4 Å². The molecule has 0 fully saturated rings. The molecule has 0 radical (unpaired) electrons. The van der Waals surface area contributed by atoms with Gasteiger partial charge in [-0.1, -0.05) is 29.3 Å². The molecular formula is C23H22Cl2LiN3O5. The maximum absolute atomic E-state index is 12.5. The number of benzene rings is 2. The van der Waals surface area contributed by atoms with Crippen molar-refractivity contribution in [1.29, 1.82) is 0 Å². The fraction of sp³-hybridized carbons (Fsp3) is 0.174. The van der Waals surface area contributed by atoms with Gasteiger partial charge in [-0.25, -0.2) is 9.78 Å². The van der Waals surface area contributed by atoms with Crippen molar-refractivity contribution in [1.82, 2.24) is 4.98 Å². The number of aromatic nitrogens is 1. The van der Waals surface area contributed by atoms with Gasteiger partial charge in [0, 0.05) is 17.8 Å². The molecule has 0 saturated heterocycles. The van der Waals surface area contributed by atoms with Crippen molar-refractivity contribution in [3.8, 4) is 5.75 Å². The SMILES string of the molecule is O=C(Nc1ccc(OCCOCCNc2ccccn2)cc1C(=O)O)c1ccc(Cl)cc1Cl.[LiH]. The van der Waals surface area contributed by atoms with Crippen LogP contribution in [0, 0.1) is 0 Å². The number of nitrogens with one attached hydrogen (secondary N) is 2. The summed E-state index contributed by atoms with van der Waals surface area (Å²) in [6.07, 6.45) is 1.70. The van der Waals surface area contributed by atoms with E-state index in [4.69, 9.17) is 32.7 Å². The second-order valence-electron chi connectivity index (χ2n) is 6.69. The Kier molecular flexibility index (Phi) is 11.2. The van der Waals surface area contributed by atoms with Crippen molar-refractivity contribution in [2.24, 2.45) is 0 Å². The van der Waals surface area contributed by atoms with Gasteiger partial charge >= 0.3 is 24.8 Å². The number of halogens is 2. The van der Waals surface area contributed by atoms with Gasteiger partial charge in [0.15, 0.2) is 0 Å². The van der Waals surface area contributed by atoms with Gasteiger partial charge in [-0.3, -0.25) is 4.79 Å². The Morgan fingerprint density at radius 2 is 1.79 bits per heavy atom. The molecular weight excluding hydrogens is 476 g/mol. The predicted molar refractivity (Wildman–Crippen MR) is 134 cm³/mol. The molecule has 174 valence electrons. The summed E-state index contributed by atoms with van der Waals surface area (Å²) in [5.41, 5.74) is 0.168. The first-order valence-corrected chi connectivity index (χ1v) is 10.7. The second-order valence-corrected chi connectivity index (χ2v) is 7.54. The van der Waals surface area contributed by atoms with Gasteiger partial charge in [0.1, 0.15) is 18.2 Å². The Labute approximate surface area is 218 Å². The van der Waals surface area contributed by atoms with Crippen LogP contribution < -0.4 is 15.4 Å².